The van der Waals surface area contributed by atoms with Crippen LogP contribution in [0.25, 0.3) is 0 Å². The fourth-order valence-electron chi connectivity index (χ4n) is 0.541. The standard InChI is InChI=1S/C5H2ClNO3S/c6-3-1-5(7(9)10)11-4(3)2-8/h1-2H. The van der Waals surface area contributed by atoms with E-state index in [0.29, 0.717) is 6.29 Å². The Morgan fingerprint density at radius 1 is 1.73 bits per heavy atom. The number of carbonyl (C=O) groups is 1. The Balaban J connectivity index is 3.14. The molecule has 0 amide bonds. The summed E-state index contributed by atoms with van der Waals surface area (Å²) in [6.45, 7) is 0. The summed E-state index contributed by atoms with van der Waals surface area (Å²) in [7, 11) is 0. The Bertz CT molecular complexity index is 309. The van der Waals surface area contributed by atoms with Gasteiger partial charge in [0.1, 0.15) is 0 Å². The zero-order valence-electron chi connectivity index (χ0n) is 5.11. The summed E-state index contributed by atoms with van der Waals surface area (Å²) in [4.78, 5) is 19.9. The topological polar surface area (TPSA) is 60.2 Å². The molecule has 58 valence electrons. The van der Waals surface area contributed by atoms with Crippen LogP contribution >= 0.6 is 22.9 Å². The number of halogens is 1. The molecule has 0 spiro atoms. The lowest BCUT2D eigenvalue weighted by molar-refractivity contribution is -0.380. The van der Waals surface area contributed by atoms with E-state index < -0.39 is 4.92 Å². The zero-order valence-corrected chi connectivity index (χ0v) is 6.69. The van der Waals surface area contributed by atoms with Gasteiger partial charge in [0.25, 0.3) is 0 Å². The van der Waals surface area contributed by atoms with E-state index in [1.807, 2.05) is 0 Å². The van der Waals surface area contributed by atoms with Gasteiger partial charge in [-0.25, -0.2) is 0 Å². The van der Waals surface area contributed by atoms with Crippen molar-refractivity contribution in [3.63, 3.8) is 0 Å². The first-order chi connectivity index (χ1) is 5.15. The minimum atomic E-state index is -0.580. The molecule has 4 nitrogen and oxygen atoms in total. The van der Waals surface area contributed by atoms with Crippen LogP contribution in [0.2, 0.25) is 5.02 Å². The first-order valence-corrected chi connectivity index (χ1v) is 3.73. The predicted octanol–water partition coefficient (Wildman–Crippen LogP) is 2.12. The molecule has 0 atom stereocenters. The van der Waals surface area contributed by atoms with Crippen molar-refractivity contribution in [1.29, 1.82) is 0 Å². The first-order valence-electron chi connectivity index (χ1n) is 2.54. The monoisotopic (exact) mass is 191 g/mol. The maximum atomic E-state index is 10.2. The van der Waals surface area contributed by atoms with Crippen molar-refractivity contribution < 1.29 is 9.72 Å². The van der Waals surface area contributed by atoms with Gasteiger partial charge in [0.15, 0.2) is 6.29 Å². The predicted molar refractivity (Wildman–Crippen MR) is 41.4 cm³/mol. The number of thiophene rings is 1. The molecule has 0 N–H and O–H groups in total. The van der Waals surface area contributed by atoms with Crippen molar-refractivity contribution in [3.8, 4) is 0 Å². The molecule has 0 aromatic carbocycles. The molecule has 0 unspecified atom stereocenters. The van der Waals surface area contributed by atoms with Crippen molar-refractivity contribution in [2.75, 3.05) is 0 Å². The number of rotatable bonds is 2. The van der Waals surface area contributed by atoms with Crippen LogP contribution in [-0.4, -0.2) is 11.2 Å². The molecule has 0 aliphatic rings. The Labute approximate surface area is 70.6 Å². The highest BCUT2D eigenvalue weighted by molar-refractivity contribution is 7.17. The fourth-order valence-corrected chi connectivity index (χ4v) is 1.55. The third-order valence-corrected chi connectivity index (χ3v) is 2.42. The Morgan fingerprint density at radius 3 is 2.64 bits per heavy atom. The van der Waals surface area contributed by atoms with Gasteiger partial charge in [-0.2, -0.15) is 0 Å². The van der Waals surface area contributed by atoms with Crippen molar-refractivity contribution in [3.05, 3.63) is 26.1 Å². The molecular weight excluding hydrogens is 190 g/mol. The Morgan fingerprint density at radius 2 is 2.36 bits per heavy atom. The van der Waals surface area contributed by atoms with Crippen LogP contribution < -0.4 is 0 Å². The van der Waals surface area contributed by atoms with Crippen LogP contribution in [0.3, 0.4) is 0 Å². The van der Waals surface area contributed by atoms with E-state index in [-0.39, 0.29) is 14.9 Å². The van der Waals surface area contributed by atoms with Gasteiger partial charge in [0.05, 0.1) is 14.8 Å². The van der Waals surface area contributed by atoms with Crippen LogP contribution in [0.4, 0.5) is 5.00 Å². The van der Waals surface area contributed by atoms with Crippen LogP contribution in [-0.2, 0) is 0 Å². The second kappa shape index (κ2) is 2.98. The van der Waals surface area contributed by atoms with Gasteiger partial charge in [-0.15, -0.1) is 0 Å². The fraction of sp³-hybridized carbons (Fsp3) is 0. The number of hydrogen-bond donors (Lipinski definition) is 0. The van der Waals surface area contributed by atoms with Crippen LogP contribution in [0.1, 0.15) is 9.67 Å². The van der Waals surface area contributed by atoms with Gasteiger partial charge in [0, 0.05) is 6.07 Å². The largest absolute Gasteiger partial charge is 0.326 e. The highest BCUT2D eigenvalue weighted by Gasteiger charge is 2.13. The smallest absolute Gasteiger partial charge is 0.297 e. The number of nitrogens with zero attached hydrogens (tertiary/aromatic N) is 1. The zero-order chi connectivity index (χ0) is 8.43. The van der Waals surface area contributed by atoms with Crippen molar-refractivity contribution in [2.45, 2.75) is 0 Å². The second-order valence-electron chi connectivity index (χ2n) is 1.67. The highest BCUT2D eigenvalue weighted by atomic mass is 35.5. The summed E-state index contributed by atoms with van der Waals surface area (Å²) in [5.41, 5.74) is 0. The van der Waals surface area contributed by atoms with Crippen molar-refractivity contribution in [2.24, 2.45) is 0 Å². The summed E-state index contributed by atoms with van der Waals surface area (Å²) < 4.78 is 0. The second-order valence-corrected chi connectivity index (χ2v) is 3.14. The van der Waals surface area contributed by atoms with E-state index in [9.17, 15) is 14.9 Å². The number of carbonyl (C=O) groups excluding carboxylic acids is 1. The van der Waals surface area contributed by atoms with E-state index in [0.717, 1.165) is 17.4 Å². The lowest BCUT2D eigenvalue weighted by Gasteiger charge is -1.77. The van der Waals surface area contributed by atoms with Crippen LogP contribution in [0.15, 0.2) is 6.07 Å². The van der Waals surface area contributed by atoms with Gasteiger partial charge < -0.3 is 0 Å². The van der Waals surface area contributed by atoms with E-state index in [1.165, 1.54) is 0 Å². The maximum absolute atomic E-state index is 10.2. The lowest BCUT2D eigenvalue weighted by atomic mass is 10.5. The molecule has 0 bridgehead atoms. The quantitative estimate of drug-likeness (QED) is 0.409. The molecule has 6 heteroatoms. The molecule has 11 heavy (non-hydrogen) atoms. The number of aldehydes is 1. The van der Waals surface area contributed by atoms with E-state index in [2.05, 4.69) is 0 Å². The Kier molecular flexibility index (Phi) is 2.21. The summed E-state index contributed by atoms with van der Waals surface area (Å²) in [6.07, 6.45) is 0.500. The lowest BCUT2D eigenvalue weighted by Crippen LogP contribution is -1.80. The molecule has 1 rings (SSSR count). The minimum Gasteiger partial charge on any atom is -0.297 e. The summed E-state index contributed by atoms with van der Waals surface area (Å²) in [6, 6.07) is 1.16. The molecule has 0 aliphatic carbocycles. The van der Waals surface area contributed by atoms with Crippen molar-refractivity contribution >= 4 is 34.2 Å². The Hall–Kier alpha value is -0.940. The van der Waals surface area contributed by atoms with E-state index >= 15 is 0 Å². The molecule has 1 aromatic rings. The van der Waals surface area contributed by atoms with Gasteiger partial charge in [-0.3, -0.25) is 14.9 Å². The first kappa shape index (κ1) is 8.16. The van der Waals surface area contributed by atoms with E-state index in [1.54, 1.807) is 0 Å². The third-order valence-electron chi connectivity index (χ3n) is 0.987. The number of nitro groups is 1. The molecule has 1 aromatic heterocycles. The molecular formula is C5H2ClNO3S. The molecule has 0 aliphatic heterocycles. The molecule has 0 radical (unpaired) electrons. The van der Waals surface area contributed by atoms with E-state index in [4.69, 9.17) is 11.6 Å². The summed E-state index contributed by atoms with van der Waals surface area (Å²) in [5.74, 6) is 0. The van der Waals surface area contributed by atoms with Gasteiger partial charge in [-0.05, 0) is 0 Å². The molecule has 0 saturated heterocycles. The van der Waals surface area contributed by atoms with Crippen LogP contribution in [0.5, 0.6) is 0 Å². The average molecular weight is 192 g/mol. The van der Waals surface area contributed by atoms with Gasteiger partial charge in [0.2, 0.25) is 0 Å². The molecule has 0 fully saturated rings. The normalized spacial score (nSPS) is 9.55. The van der Waals surface area contributed by atoms with Gasteiger partial charge >= 0.3 is 5.00 Å². The summed E-state index contributed by atoms with van der Waals surface area (Å²) >= 11 is 6.23. The maximum Gasteiger partial charge on any atom is 0.326 e. The molecule has 0 saturated carbocycles. The molecule has 1 heterocycles. The average Bonchev–Trinajstić information content (AvgIpc) is 2.31. The highest BCUT2D eigenvalue weighted by Crippen LogP contribution is 2.30. The van der Waals surface area contributed by atoms with Crippen molar-refractivity contribution in [1.82, 2.24) is 0 Å². The van der Waals surface area contributed by atoms with Crippen LogP contribution in [0, 0.1) is 10.1 Å². The number of hydrogen-bond acceptors (Lipinski definition) is 4. The summed E-state index contributed by atoms with van der Waals surface area (Å²) in [5, 5.41) is 10.1. The minimum absolute atomic E-state index is 0.114. The SMILES string of the molecule is O=Cc1sc([N+](=O)[O-])cc1Cl. The van der Waals surface area contributed by atoms with Gasteiger partial charge in [-0.1, -0.05) is 22.9 Å². The third kappa shape index (κ3) is 1.55.